The maximum absolute atomic E-state index is 12.3. The van der Waals surface area contributed by atoms with Crippen LogP contribution in [-0.2, 0) is 11.8 Å². The molecule has 0 aliphatic heterocycles. The molecule has 1 amide bonds. The molecule has 0 saturated carbocycles. The van der Waals surface area contributed by atoms with E-state index >= 15 is 0 Å². The van der Waals surface area contributed by atoms with Crippen LogP contribution in [0.15, 0.2) is 22.7 Å². The van der Waals surface area contributed by atoms with Crippen LogP contribution in [0.3, 0.4) is 0 Å². The van der Waals surface area contributed by atoms with Gasteiger partial charge in [0.25, 0.3) is 5.91 Å². The van der Waals surface area contributed by atoms with Crippen molar-refractivity contribution >= 4 is 5.91 Å². The zero-order valence-corrected chi connectivity index (χ0v) is 12.1. The van der Waals surface area contributed by atoms with Crippen molar-refractivity contribution < 1.29 is 13.9 Å². The first-order chi connectivity index (χ1) is 9.52. The highest BCUT2D eigenvalue weighted by atomic mass is 16.5. The molecule has 1 unspecified atom stereocenters. The van der Waals surface area contributed by atoms with Crippen LogP contribution in [0.2, 0.25) is 0 Å². The van der Waals surface area contributed by atoms with Crippen molar-refractivity contribution in [2.24, 2.45) is 7.05 Å². The fraction of sp³-hybridized carbons (Fsp3) is 0.429. The molecule has 0 radical (unpaired) electrons. The van der Waals surface area contributed by atoms with Crippen LogP contribution in [0.4, 0.5) is 0 Å². The molecule has 0 aliphatic rings. The quantitative estimate of drug-likeness (QED) is 0.904. The van der Waals surface area contributed by atoms with Gasteiger partial charge in [0.1, 0.15) is 11.5 Å². The smallest absolute Gasteiger partial charge is 0.255 e. The summed E-state index contributed by atoms with van der Waals surface area (Å²) >= 11 is 0. The van der Waals surface area contributed by atoms with E-state index in [1.807, 2.05) is 20.0 Å². The molecule has 1 N–H and O–H groups in total. The second-order valence-electron chi connectivity index (χ2n) is 4.69. The number of nitrogens with one attached hydrogen (secondary N) is 1. The van der Waals surface area contributed by atoms with E-state index in [9.17, 15) is 4.79 Å². The molecule has 2 aromatic rings. The number of furan rings is 1. The highest BCUT2D eigenvalue weighted by Crippen LogP contribution is 2.17. The number of carbonyl (C=O) groups excluding carboxylic acids is 1. The normalized spacial score (nSPS) is 12.4. The van der Waals surface area contributed by atoms with Gasteiger partial charge in [-0.05, 0) is 26.0 Å². The number of aryl methyl sites for hydroxylation is 3. The summed E-state index contributed by atoms with van der Waals surface area (Å²) < 4.78 is 12.3. The molecule has 0 aromatic carbocycles. The van der Waals surface area contributed by atoms with E-state index in [1.54, 1.807) is 31.0 Å². The molecule has 6 heteroatoms. The molecule has 108 valence electrons. The van der Waals surface area contributed by atoms with Crippen molar-refractivity contribution in [2.75, 3.05) is 13.7 Å². The van der Waals surface area contributed by atoms with E-state index in [0.717, 1.165) is 11.5 Å². The molecule has 2 rings (SSSR count). The average Bonchev–Trinajstić information content (AvgIpc) is 2.94. The van der Waals surface area contributed by atoms with Crippen LogP contribution in [0.1, 0.15) is 33.6 Å². The maximum atomic E-state index is 12.3. The topological polar surface area (TPSA) is 69.3 Å². The van der Waals surface area contributed by atoms with Crippen molar-refractivity contribution in [3.8, 4) is 0 Å². The van der Waals surface area contributed by atoms with Gasteiger partial charge in [0.05, 0.1) is 23.9 Å². The minimum Gasteiger partial charge on any atom is -0.466 e. The standard InChI is InChI=1S/C14H19N3O3/c1-9-7-11(10(2)20-9)14(18)16-12(8-19-4)13-5-6-15-17(13)3/h5-7,12H,8H2,1-4H3,(H,16,18). The molecule has 2 aromatic heterocycles. The SMILES string of the molecule is COCC(NC(=O)c1cc(C)oc1C)c1ccnn1C. The Labute approximate surface area is 117 Å². The second-order valence-corrected chi connectivity index (χ2v) is 4.69. The zero-order valence-electron chi connectivity index (χ0n) is 12.1. The summed E-state index contributed by atoms with van der Waals surface area (Å²) in [5.41, 5.74) is 1.43. The maximum Gasteiger partial charge on any atom is 0.255 e. The van der Waals surface area contributed by atoms with Gasteiger partial charge in [-0.15, -0.1) is 0 Å². The monoisotopic (exact) mass is 277 g/mol. The number of rotatable bonds is 5. The lowest BCUT2D eigenvalue weighted by atomic mass is 10.1. The largest absolute Gasteiger partial charge is 0.466 e. The molecule has 0 aliphatic carbocycles. The van der Waals surface area contributed by atoms with E-state index in [-0.39, 0.29) is 11.9 Å². The van der Waals surface area contributed by atoms with Crippen molar-refractivity contribution in [1.29, 1.82) is 0 Å². The van der Waals surface area contributed by atoms with Crippen molar-refractivity contribution in [3.05, 3.63) is 41.1 Å². The summed E-state index contributed by atoms with van der Waals surface area (Å²) in [7, 11) is 3.43. The zero-order chi connectivity index (χ0) is 14.7. The Hall–Kier alpha value is -2.08. The Kier molecular flexibility index (Phi) is 4.24. The van der Waals surface area contributed by atoms with E-state index in [0.29, 0.717) is 17.9 Å². The third kappa shape index (κ3) is 2.91. The second kappa shape index (κ2) is 5.92. The van der Waals surface area contributed by atoms with Crippen molar-refractivity contribution in [1.82, 2.24) is 15.1 Å². The highest BCUT2D eigenvalue weighted by Gasteiger charge is 2.21. The van der Waals surface area contributed by atoms with Gasteiger partial charge in [-0.1, -0.05) is 0 Å². The van der Waals surface area contributed by atoms with Gasteiger partial charge in [0.15, 0.2) is 0 Å². The predicted octanol–water partition coefficient (Wildman–Crippen LogP) is 1.75. The van der Waals surface area contributed by atoms with Gasteiger partial charge in [0, 0.05) is 20.4 Å². The molecule has 0 fully saturated rings. The first-order valence-electron chi connectivity index (χ1n) is 6.37. The number of ether oxygens (including phenoxy) is 1. The summed E-state index contributed by atoms with van der Waals surface area (Å²) in [6.07, 6.45) is 1.69. The third-order valence-electron chi connectivity index (χ3n) is 3.14. The third-order valence-corrected chi connectivity index (χ3v) is 3.14. The Morgan fingerprint density at radius 1 is 1.55 bits per heavy atom. The summed E-state index contributed by atoms with van der Waals surface area (Å²) in [6.45, 7) is 3.97. The number of amides is 1. The van der Waals surface area contributed by atoms with Crippen molar-refractivity contribution in [2.45, 2.75) is 19.9 Å². The summed E-state index contributed by atoms with van der Waals surface area (Å²) in [5, 5.41) is 7.06. The number of aromatic nitrogens is 2. The fourth-order valence-corrected chi connectivity index (χ4v) is 2.19. The Balaban J connectivity index is 2.18. The highest BCUT2D eigenvalue weighted by molar-refractivity contribution is 5.95. The van der Waals surface area contributed by atoms with Gasteiger partial charge >= 0.3 is 0 Å². The van der Waals surface area contributed by atoms with E-state index in [2.05, 4.69) is 10.4 Å². The number of methoxy groups -OCH3 is 1. The van der Waals surface area contributed by atoms with E-state index < -0.39 is 0 Å². The van der Waals surface area contributed by atoms with Crippen LogP contribution in [0, 0.1) is 13.8 Å². The Bertz CT molecular complexity index is 601. The van der Waals surface area contributed by atoms with Gasteiger partial charge in [0.2, 0.25) is 0 Å². The minimum absolute atomic E-state index is 0.178. The molecular formula is C14H19N3O3. The first-order valence-corrected chi connectivity index (χ1v) is 6.37. The molecule has 0 saturated heterocycles. The van der Waals surface area contributed by atoms with Crippen molar-refractivity contribution in [3.63, 3.8) is 0 Å². The van der Waals surface area contributed by atoms with Crippen LogP contribution < -0.4 is 5.32 Å². The molecule has 6 nitrogen and oxygen atoms in total. The summed E-state index contributed by atoms with van der Waals surface area (Å²) in [4.78, 5) is 12.3. The average molecular weight is 277 g/mol. The van der Waals surface area contributed by atoms with E-state index in [4.69, 9.17) is 9.15 Å². The number of nitrogens with zero attached hydrogens (tertiary/aromatic N) is 2. The van der Waals surface area contributed by atoms with Gasteiger partial charge in [-0.3, -0.25) is 9.48 Å². The summed E-state index contributed by atoms with van der Waals surface area (Å²) in [6, 6.07) is 3.34. The fourth-order valence-electron chi connectivity index (χ4n) is 2.19. The lowest BCUT2D eigenvalue weighted by Gasteiger charge is -2.18. The number of hydrogen-bond acceptors (Lipinski definition) is 4. The molecule has 0 bridgehead atoms. The van der Waals surface area contributed by atoms with E-state index in [1.165, 1.54) is 0 Å². The molecule has 0 spiro atoms. The lowest BCUT2D eigenvalue weighted by Crippen LogP contribution is -2.32. The summed E-state index contributed by atoms with van der Waals surface area (Å²) in [5.74, 6) is 1.15. The van der Waals surface area contributed by atoms with Gasteiger partial charge in [-0.25, -0.2) is 0 Å². The number of hydrogen-bond donors (Lipinski definition) is 1. The Morgan fingerprint density at radius 3 is 2.80 bits per heavy atom. The van der Waals surface area contributed by atoms with Crippen LogP contribution in [0.5, 0.6) is 0 Å². The molecule has 2 heterocycles. The first kappa shape index (κ1) is 14.3. The van der Waals surface area contributed by atoms with Crippen LogP contribution in [0.25, 0.3) is 0 Å². The Morgan fingerprint density at radius 2 is 2.30 bits per heavy atom. The number of carbonyl (C=O) groups is 1. The predicted molar refractivity (Wildman–Crippen MR) is 73.5 cm³/mol. The minimum atomic E-state index is -0.255. The molecular weight excluding hydrogens is 258 g/mol. The van der Waals surface area contributed by atoms with Crippen LogP contribution in [-0.4, -0.2) is 29.4 Å². The van der Waals surface area contributed by atoms with Gasteiger partial charge in [-0.2, -0.15) is 5.10 Å². The molecule has 1 atom stereocenters. The molecule has 20 heavy (non-hydrogen) atoms. The lowest BCUT2D eigenvalue weighted by molar-refractivity contribution is 0.0891. The van der Waals surface area contributed by atoms with Gasteiger partial charge < -0.3 is 14.5 Å². The van der Waals surface area contributed by atoms with Crippen LogP contribution >= 0.6 is 0 Å².